The van der Waals surface area contributed by atoms with Crippen LogP contribution in [0.2, 0.25) is 0 Å². The van der Waals surface area contributed by atoms with Gasteiger partial charge in [-0.2, -0.15) is 5.10 Å². The normalized spacial score (nSPS) is 19.4. The van der Waals surface area contributed by atoms with E-state index in [4.69, 9.17) is 9.72 Å². The summed E-state index contributed by atoms with van der Waals surface area (Å²) in [5.74, 6) is 0. The zero-order chi connectivity index (χ0) is 14.2. The summed E-state index contributed by atoms with van der Waals surface area (Å²) < 4.78 is 7.37. The molecule has 0 saturated carbocycles. The molecule has 0 spiro atoms. The van der Waals surface area contributed by atoms with Crippen LogP contribution in [-0.4, -0.2) is 45.0 Å². The lowest BCUT2D eigenvalue weighted by Crippen LogP contribution is -2.52. The summed E-state index contributed by atoms with van der Waals surface area (Å²) in [6.07, 6.45) is 3.86. The summed E-state index contributed by atoms with van der Waals surface area (Å²) in [5.41, 5.74) is 2.30. The molecule has 6 heteroatoms. The summed E-state index contributed by atoms with van der Waals surface area (Å²) in [4.78, 5) is 7.18. The van der Waals surface area contributed by atoms with Gasteiger partial charge in [-0.1, -0.05) is 0 Å². The summed E-state index contributed by atoms with van der Waals surface area (Å²) in [6.45, 7) is 7.89. The van der Waals surface area contributed by atoms with Gasteiger partial charge in [0.2, 0.25) is 0 Å². The summed E-state index contributed by atoms with van der Waals surface area (Å²) in [5, 5.41) is 7.39. The van der Waals surface area contributed by atoms with E-state index >= 15 is 0 Å². The highest BCUT2D eigenvalue weighted by atomic mass is 32.1. The van der Waals surface area contributed by atoms with Gasteiger partial charge in [-0.05, 0) is 13.8 Å². The van der Waals surface area contributed by atoms with Crippen LogP contribution in [0.3, 0.4) is 0 Å². The molecule has 0 atom stereocenters. The lowest BCUT2D eigenvalue weighted by atomic mass is 10.0. The first kappa shape index (κ1) is 13.7. The Morgan fingerprint density at radius 3 is 3.00 bits per heavy atom. The zero-order valence-corrected chi connectivity index (χ0v) is 13.0. The molecule has 108 valence electrons. The molecule has 0 N–H and O–H groups in total. The van der Waals surface area contributed by atoms with Gasteiger partial charge in [0.1, 0.15) is 5.01 Å². The molecule has 2 aromatic heterocycles. The molecular formula is C14H20N4OS. The maximum atomic E-state index is 5.56. The van der Waals surface area contributed by atoms with Crippen LogP contribution >= 0.6 is 11.3 Å². The van der Waals surface area contributed by atoms with Crippen LogP contribution in [0.5, 0.6) is 0 Å². The lowest BCUT2D eigenvalue weighted by molar-refractivity contribution is -0.0557. The van der Waals surface area contributed by atoms with Crippen molar-refractivity contribution in [3.8, 4) is 10.6 Å². The first-order chi connectivity index (χ1) is 9.54. The smallest absolute Gasteiger partial charge is 0.126 e. The second kappa shape index (κ2) is 5.27. The van der Waals surface area contributed by atoms with Gasteiger partial charge in [0, 0.05) is 42.8 Å². The zero-order valence-electron chi connectivity index (χ0n) is 12.2. The Morgan fingerprint density at radius 1 is 1.45 bits per heavy atom. The molecule has 3 rings (SSSR count). The Bertz CT molecular complexity index is 590. The van der Waals surface area contributed by atoms with Crippen molar-refractivity contribution in [2.24, 2.45) is 7.05 Å². The van der Waals surface area contributed by atoms with E-state index in [1.54, 1.807) is 11.3 Å². The van der Waals surface area contributed by atoms with Crippen LogP contribution in [0.25, 0.3) is 10.6 Å². The molecule has 1 saturated heterocycles. The maximum absolute atomic E-state index is 5.56. The fourth-order valence-electron chi connectivity index (χ4n) is 2.42. The molecule has 0 unspecified atom stereocenters. The molecule has 1 aliphatic heterocycles. The van der Waals surface area contributed by atoms with E-state index in [9.17, 15) is 0 Å². The SMILES string of the molecule is Cn1cc(-c2nc(CN3CCOCC3(C)C)cs2)cn1. The van der Waals surface area contributed by atoms with E-state index in [1.165, 1.54) is 0 Å². The molecule has 0 radical (unpaired) electrons. The van der Waals surface area contributed by atoms with Crippen LogP contribution < -0.4 is 0 Å². The van der Waals surface area contributed by atoms with Crippen molar-refractivity contribution in [1.82, 2.24) is 19.7 Å². The van der Waals surface area contributed by atoms with Crippen LogP contribution in [0.1, 0.15) is 19.5 Å². The van der Waals surface area contributed by atoms with Crippen molar-refractivity contribution in [3.63, 3.8) is 0 Å². The van der Waals surface area contributed by atoms with Gasteiger partial charge in [0.05, 0.1) is 25.1 Å². The molecule has 0 aliphatic carbocycles. The molecule has 2 aromatic rings. The molecule has 1 fully saturated rings. The molecule has 0 bridgehead atoms. The molecule has 0 aromatic carbocycles. The average molecular weight is 292 g/mol. The number of nitrogens with zero attached hydrogens (tertiary/aromatic N) is 4. The quantitative estimate of drug-likeness (QED) is 0.869. The first-order valence-corrected chi connectivity index (χ1v) is 7.69. The highest BCUT2D eigenvalue weighted by Gasteiger charge is 2.30. The van der Waals surface area contributed by atoms with Crippen molar-refractivity contribution >= 4 is 11.3 Å². The summed E-state index contributed by atoms with van der Waals surface area (Å²) >= 11 is 1.68. The number of ether oxygens (including phenoxy) is 1. The number of morpholine rings is 1. The van der Waals surface area contributed by atoms with Crippen molar-refractivity contribution in [3.05, 3.63) is 23.5 Å². The molecule has 3 heterocycles. The molecule has 1 aliphatic rings. The van der Waals surface area contributed by atoms with E-state index in [0.29, 0.717) is 0 Å². The van der Waals surface area contributed by atoms with E-state index in [-0.39, 0.29) is 5.54 Å². The van der Waals surface area contributed by atoms with Gasteiger partial charge < -0.3 is 4.74 Å². The van der Waals surface area contributed by atoms with Gasteiger partial charge in [-0.3, -0.25) is 9.58 Å². The number of aromatic nitrogens is 3. The number of aryl methyl sites for hydroxylation is 1. The minimum absolute atomic E-state index is 0.0797. The molecular weight excluding hydrogens is 272 g/mol. The fourth-order valence-corrected chi connectivity index (χ4v) is 3.21. The van der Waals surface area contributed by atoms with E-state index in [0.717, 1.165) is 42.6 Å². The van der Waals surface area contributed by atoms with E-state index in [2.05, 4.69) is 29.2 Å². The first-order valence-electron chi connectivity index (χ1n) is 6.81. The van der Waals surface area contributed by atoms with E-state index in [1.807, 2.05) is 24.1 Å². The summed E-state index contributed by atoms with van der Waals surface area (Å²) in [7, 11) is 1.92. The largest absolute Gasteiger partial charge is 0.378 e. The molecule has 20 heavy (non-hydrogen) atoms. The van der Waals surface area contributed by atoms with Gasteiger partial charge >= 0.3 is 0 Å². The van der Waals surface area contributed by atoms with Crippen molar-refractivity contribution in [2.45, 2.75) is 25.9 Å². The Hall–Kier alpha value is -1.24. The molecule has 5 nitrogen and oxygen atoms in total. The topological polar surface area (TPSA) is 43.2 Å². The monoisotopic (exact) mass is 292 g/mol. The maximum Gasteiger partial charge on any atom is 0.126 e. The van der Waals surface area contributed by atoms with Crippen molar-refractivity contribution in [2.75, 3.05) is 19.8 Å². The fraction of sp³-hybridized carbons (Fsp3) is 0.571. The summed E-state index contributed by atoms with van der Waals surface area (Å²) in [6, 6.07) is 0. The van der Waals surface area contributed by atoms with Gasteiger partial charge in [-0.25, -0.2) is 4.98 Å². The minimum Gasteiger partial charge on any atom is -0.378 e. The van der Waals surface area contributed by atoms with Crippen LogP contribution in [0.15, 0.2) is 17.8 Å². The second-order valence-corrected chi connectivity index (χ2v) is 6.69. The van der Waals surface area contributed by atoms with Crippen molar-refractivity contribution in [1.29, 1.82) is 0 Å². The number of thiazole rings is 1. The molecule has 0 amide bonds. The van der Waals surface area contributed by atoms with Gasteiger partial charge in [-0.15, -0.1) is 11.3 Å². The van der Waals surface area contributed by atoms with Crippen LogP contribution in [-0.2, 0) is 18.3 Å². The lowest BCUT2D eigenvalue weighted by Gasteiger charge is -2.41. The Morgan fingerprint density at radius 2 is 2.30 bits per heavy atom. The highest BCUT2D eigenvalue weighted by molar-refractivity contribution is 7.13. The minimum atomic E-state index is 0.0797. The highest BCUT2D eigenvalue weighted by Crippen LogP contribution is 2.26. The third-order valence-electron chi connectivity index (χ3n) is 3.67. The number of hydrogen-bond acceptors (Lipinski definition) is 5. The van der Waals surface area contributed by atoms with Crippen LogP contribution in [0, 0.1) is 0 Å². The third kappa shape index (κ3) is 2.77. The van der Waals surface area contributed by atoms with E-state index < -0.39 is 0 Å². The Kier molecular flexibility index (Phi) is 3.62. The van der Waals surface area contributed by atoms with Gasteiger partial charge in [0.15, 0.2) is 0 Å². The predicted octanol–water partition coefficient (Wildman–Crippen LogP) is 2.15. The average Bonchev–Trinajstić information content (AvgIpc) is 3.01. The van der Waals surface area contributed by atoms with Gasteiger partial charge in [0.25, 0.3) is 0 Å². The Balaban J connectivity index is 1.74. The number of rotatable bonds is 3. The standard InChI is InChI=1S/C14H20N4OS/c1-14(2)10-19-5-4-18(14)8-12-9-20-13(16-12)11-6-15-17(3)7-11/h6-7,9H,4-5,8,10H2,1-3H3. The predicted molar refractivity (Wildman–Crippen MR) is 79.6 cm³/mol. The second-order valence-electron chi connectivity index (χ2n) is 5.83. The number of hydrogen-bond donors (Lipinski definition) is 0. The third-order valence-corrected chi connectivity index (χ3v) is 4.61. The Labute approximate surface area is 123 Å². The van der Waals surface area contributed by atoms with Crippen LogP contribution in [0.4, 0.5) is 0 Å². The van der Waals surface area contributed by atoms with Crippen molar-refractivity contribution < 1.29 is 4.74 Å².